The molecule has 106 valence electrons. The SMILES string of the molecule is CC1C(C)C(C)C(CC(C)(O)c2ccccc2)C1C. The predicted octanol–water partition coefficient (Wildman–Crippen LogP) is 4.46. The molecule has 0 aromatic heterocycles. The van der Waals surface area contributed by atoms with E-state index in [2.05, 4.69) is 27.7 Å². The minimum atomic E-state index is -0.710. The lowest BCUT2D eigenvalue weighted by molar-refractivity contribution is 0.0161. The number of hydrogen-bond donors (Lipinski definition) is 1. The maximum absolute atomic E-state index is 10.9. The van der Waals surface area contributed by atoms with Gasteiger partial charge in [-0.2, -0.15) is 0 Å². The van der Waals surface area contributed by atoms with Crippen molar-refractivity contribution in [2.45, 2.75) is 46.6 Å². The van der Waals surface area contributed by atoms with Gasteiger partial charge in [0.25, 0.3) is 0 Å². The molecule has 1 aliphatic rings. The zero-order valence-electron chi connectivity index (χ0n) is 12.9. The molecule has 0 bridgehead atoms. The van der Waals surface area contributed by atoms with Gasteiger partial charge in [-0.25, -0.2) is 0 Å². The van der Waals surface area contributed by atoms with Gasteiger partial charge in [0.15, 0.2) is 0 Å². The van der Waals surface area contributed by atoms with Gasteiger partial charge in [0.1, 0.15) is 0 Å². The topological polar surface area (TPSA) is 20.2 Å². The van der Waals surface area contributed by atoms with Crippen LogP contribution >= 0.6 is 0 Å². The van der Waals surface area contributed by atoms with Gasteiger partial charge in [-0.05, 0) is 48.5 Å². The first-order valence-corrected chi connectivity index (χ1v) is 7.62. The highest BCUT2D eigenvalue weighted by Crippen LogP contribution is 2.49. The van der Waals surface area contributed by atoms with Crippen molar-refractivity contribution in [3.8, 4) is 0 Å². The maximum Gasteiger partial charge on any atom is 0.0871 e. The van der Waals surface area contributed by atoms with E-state index in [0.29, 0.717) is 17.8 Å². The number of rotatable bonds is 3. The Hall–Kier alpha value is -0.820. The van der Waals surface area contributed by atoms with Crippen molar-refractivity contribution in [1.29, 1.82) is 0 Å². The molecule has 2 rings (SSSR count). The summed E-state index contributed by atoms with van der Waals surface area (Å²) in [5.74, 6) is 3.51. The van der Waals surface area contributed by atoms with Gasteiger partial charge in [0.05, 0.1) is 5.60 Å². The van der Waals surface area contributed by atoms with E-state index >= 15 is 0 Å². The molecule has 1 saturated carbocycles. The molecule has 0 heterocycles. The molecule has 1 aromatic carbocycles. The van der Waals surface area contributed by atoms with E-state index in [4.69, 9.17) is 0 Å². The molecule has 0 radical (unpaired) electrons. The van der Waals surface area contributed by atoms with Crippen LogP contribution in [0.3, 0.4) is 0 Å². The van der Waals surface area contributed by atoms with Crippen LogP contribution < -0.4 is 0 Å². The van der Waals surface area contributed by atoms with Gasteiger partial charge in [0.2, 0.25) is 0 Å². The Morgan fingerprint density at radius 2 is 1.37 bits per heavy atom. The van der Waals surface area contributed by atoms with Gasteiger partial charge < -0.3 is 5.11 Å². The summed E-state index contributed by atoms with van der Waals surface area (Å²) in [6.45, 7) is 11.4. The molecule has 1 heteroatoms. The fraction of sp³-hybridized carbons (Fsp3) is 0.667. The lowest BCUT2D eigenvalue weighted by Gasteiger charge is -2.31. The standard InChI is InChI=1S/C18H28O/c1-12-13(2)15(4)17(14(12)3)11-18(5,19)16-9-7-6-8-10-16/h6-10,12-15,17,19H,11H2,1-5H3. The summed E-state index contributed by atoms with van der Waals surface area (Å²) in [5, 5.41) is 10.9. The third kappa shape index (κ3) is 2.72. The number of benzene rings is 1. The van der Waals surface area contributed by atoms with Crippen molar-refractivity contribution in [3.05, 3.63) is 35.9 Å². The quantitative estimate of drug-likeness (QED) is 0.850. The summed E-state index contributed by atoms with van der Waals surface area (Å²) in [5.41, 5.74) is 0.333. The van der Waals surface area contributed by atoms with E-state index in [1.807, 2.05) is 37.3 Å². The highest BCUT2D eigenvalue weighted by molar-refractivity contribution is 5.21. The smallest absolute Gasteiger partial charge is 0.0871 e. The summed E-state index contributed by atoms with van der Waals surface area (Å²) >= 11 is 0. The van der Waals surface area contributed by atoms with Crippen LogP contribution in [-0.4, -0.2) is 5.11 Å². The van der Waals surface area contributed by atoms with Gasteiger partial charge >= 0.3 is 0 Å². The summed E-state index contributed by atoms with van der Waals surface area (Å²) in [4.78, 5) is 0. The second-order valence-electron chi connectivity index (χ2n) is 6.94. The average Bonchev–Trinajstić information content (AvgIpc) is 2.57. The maximum atomic E-state index is 10.9. The van der Waals surface area contributed by atoms with Crippen LogP contribution in [0.1, 0.15) is 46.6 Å². The summed E-state index contributed by atoms with van der Waals surface area (Å²) in [6, 6.07) is 10.1. The Kier molecular flexibility index (Phi) is 4.06. The Morgan fingerprint density at radius 1 is 0.895 bits per heavy atom. The second kappa shape index (κ2) is 5.28. The average molecular weight is 260 g/mol. The lowest BCUT2D eigenvalue weighted by atomic mass is 9.78. The normalized spacial score (nSPS) is 38.1. The fourth-order valence-electron chi connectivity index (χ4n) is 3.96. The summed E-state index contributed by atoms with van der Waals surface area (Å²) in [7, 11) is 0. The minimum absolute atomic E-state index is 0.611. The molecule has 0 spiro atoms. The Balaban J connectivity index is 2.17. The van der Waals surface area contributed by atoms with Crippen molar-refractivity contribution in [2.75, 3.05) is 0 Å². The van der Waals surface area contributed by atoms with E-state index in [0.717, 1.165) is 23.8 Å². The first-order chi connectivity index (χ1) is 8.84. The monoisotopic (exact) mass is 260 g/mol. The molecule has 1 aromatic rings. The highest BCUT2D eigenvalue weighted by atomic mass is 16.3. The molecule has 1 nitrogen and oxygen atoms in total. The van der Waals surface area contributed by atoms with Crippen molar-refractivity contribution in [1.82, 2.24) is 0 Å². The Bertz CT molecular complexity index is 395. The molecule has 1 N–H and O–H groups in total. The van der Waals surface area contributed by atoms with Gasteiger partial charge in [0, 0.05) is 0 Å². The van der Waals surface area contributed by atoms with Crippen LogP contribution in [-0.2, 0) is 5.60 Å². The van der Waals surface area contributed by atoms with Crippen molar-refractivity contribution >= 4 is 0 Å². The molecular weight excluding hydrogens is 232 g/mol. The first kappa shape index (κ1) is 14.6. The molecule has 19 heavy (non-hydrogen) atoms. The summed E-state index contributed by atoms with van der Waals surface area (Å²) in [6.07, 6.45) is 0.869. The minimum Gasteiger partial charge on any atom is -0.385 e. The van der Waals surface area contributed by atoms with Crippen LogP contribution in [0, 0.1) is 29.6 Å². The van der Waals surface area contributed by atoms with Crippen LogP contribution in [0.2, 0.25) is 0 Å². The number of aliphatic hydroxyl groups is 1. The number of hydrogen-bond acceptors (Lipinski definition) is 1. The zero-order valence-corrected chi connectivity index (χ0v) is 12.9. The van der Waals surface area contributed by atoms with Crippen molar-refractivity contribution in [3.63, 3.8) is 0 Å². The van der Waals surface area contributed by atoms with Crippen molar-refractivity contribution < 1.29 is 5.11 Å². The molecular formula is C18H28O. The van der Waals surface area contributed by atoms with Gasteiger partial charge in [-0.15, -0.1) is 0 Å². The largest absolute Gasteiger partial charge is 0.385 e. The molecule has 0 saturated heterocycles. The molecule has 0 aliphatic heterocycles. The zero-order chi connectivity index (χ0) is 14.2. The molecule has 0 amide bonds. The molecule has 5 unspecified atom stereocenters. The van der Waals surface area contributed by atoms with Crippen LogP contribution in [0.15, 0.2) is 30.3 Å². The van der Waals surface area contributed by atoms with Crippen LogP contribution in [0.5, 0.6) is 0 Å². The van der Waals surface area contributed by atoms with Crippen LogP contribution in [0.25, 0.3) is 0 Å². The van der Waals surface area contributed by atoms with E-state index < -0.39 is 5.60 Å². The molecule has 1 aliphatic carbocycles. The van der Waals surface area contributed by atoms with E-state index in [1.54, 1.807) is 0 Å². The third-order valence-corrected chi connectivity index (χ3v) is 5.87. The first-order valence-electron chi connectivity index (χ1n) is 7.62. The molecule has 5 atom stereocenters. The van der Waals surface area contributed by atoms with E-state index in [-0.39, 0.29) is 0 Å². The van der Waals surface area contributed by atoms with E-state index in [9.17, 15) is 5.11 Å². The fourth-order valence-corrected chi connectivity index (χ4v) is 3.96. The van der Waals surface area contributed by atoms with E-state index in [1.165, 1.54) is 0 Å². The lowest BCUT2D eigenvalue weighted by Crippen LogP contribution is -2.28. The summed E-state index contributed by atoms with van der Waals surface area (Å²) < 4.78 is 0. The predicted molar refractivity (Wildman–Crippen MR) is 80.8 cm³/mol. The molecule has 1 fully saturated rings. The van der Waals surface area contributed by atoms with Crippen LogP contribution in [0.4, 0.5) is 0 Å². The highest BCUT2D eigenvalue weighted by Gasteiger charge is 2.44. The third-order valence-electron chi connectivity index (χ3n) is 5.87. The van der Waals surface area contributed by atoms with Crippen molar-refractivity contribution in [2.24, 2.45) is 29.6 Å². The second-order valence-corrected chi connectivity index (χ2v) is 6.94. The Labute approximate surface area is 118 Å². The van der Waals surface area contributed by atoms with Gasteiger partial charge in [-0.1, -0.05) is 58.0 Å². The van der Waals surface area contributed by atoms with Gasteiger partial charge in [-0.3, -0.25) is 0 Å². The Morgan fingerprint density at radius 3 is 1.84 bits per heavy atom.